The van der Waals surface area contributed by atoms with Crippen LogP contribution in [0.1, 0.15) is 20.3 Å². The van der Waals surface area contributed by atoms with Crippen LogP contribution < -0.4 is 15.5 Å². The van der Waals surface area contributed by atoms with Crippen LogP contribution in [0.5, 0.6) is 0 Å². The van der Waals surface area contributed by atoms with Gasteiger partial charge in [-0.1, -0.05) is 26.0 Å². The van der Waals surface area contributed by atoms with Gasteiger partial charge in [0.05, 0.1) is 5.69 Å². The van der Waals surface area contributed by atoms with Gasteiger partial charge < -0.3 is 15.5 Å². The van der Waals surface area contributed by atoms with E-state index in [0.29, 0.717) is 5.92 Å². The van der Waals surface area contributed by atoms with E-state index in [0.717, 1.165) is 63.9 Å². The van der Waals surface area contributed by atoms with Crippen molar-refractivity contribution < 1.29 is 4.39 Å². The van der Waals surface area contributed by atoms with Crippen molar-refractivity contribution in [2.75, 3.05) is 57.8 Å². The minimum atomic E-state index is -0.125. The summed E-state index contributed by atoms with van der Waals surface area (Å²) in [7, 11) is 1.80. The number of anilines is 1. The molecular formula is C19H32FN5. The number of piperazine rings is 1. The Kier molecular flexibility index (Phi) is 7.98. The summed E-state index contributed by atoms with van der Waals surface area (Å²) in [5.74, 6) is 1.35. The molecule has 0 aliphatic carbocycles. The standard InChI is InChI=1S/C19H32FN5/c1-16(2)15-23-19(21-3)22-9-6-10-24-11-13-25(14-12-24)18-8-5-4-7-17(18)20/h4-5,7-8,16H,6,9-15H2,1-3H3,(H2,21,22,23). The summed E-state index contributed by atoms with van der Waals surface area (Å²) < 4.78 is 13.9. The first-order chi connectivity index (χ1) is 12.1. The van der Waals surface area contributed by atoms with Crippen LogP contribution in [-0.2, 0) is 0 Å². The van der Waals surface area contributed by atoms with Crippen LogP contribution in [0.15, 0.2) is 29.3 Å². The molecule has 0 amide bonds. The Hall–Kier alpha value is -1.82. The molecule has 1 aliphatic rings. The second-order valence-corrected chi connectivity index (χ2v) is 6.91. The Balaban J connectivity index is 1.63. The predicted molar refractivity (Wildman–Crippen MR) is 104 cm³/mol. The van der Waals surface area contributed by atoms with Crippen LogP contribution >= 0.6 is 0 Å². The van der Waals surface area contributed by atoms with Gasteiger partial charge in [-0.25, -0.2) is 4.39 Å². The molecule has 0 atom stereocenters. The van der Waals surface area contributed by atoms with Crippen molar-refractivity contribution in [1.82, 2.24) is 15.5 Å². The molecule has 0 saturated carbocycles. The fourth-order valence-electron chi connectivity index (χ4n) is 2.95. The third-order valence-corrected chi connectivity index (χ3v) is 4.41. The molecule has 140 valence electrons. The van der Waals surface area contributed by atoms with Crippen molar-refractivity contribution in [3.8, 4) is 0 Å². The van der Waals surface area contributed by atoms with E-state index in [1.165, 1.54) is 6.07 Å². The topological polar surface area (TPSA) is 42.9 Å². The molecule has 2 rings (SSSR count). The number of hydrogen-bond acceptors (Lipinski definition) is 3. The second-order valence-electron chi connectivity index (χ2n) is 6.91. The van der Waals surface area contributed by atoms with Crippen LogP contribution in [0.2, 0.25) is 0 Å². The molecule has 0 spiro atoms. The maximum absolute atomic E-state index is 13.9. The number of para-hydroxylation sites is 1. The van der Waals surface area contributed by atoms with Crippen molar-refractivity contribution in [2.45, 2.75) is 20.3 Å². The number of rotatable bonds is 7. The number of halogens is 1. The maximum atomic E-state index is 13.9. The van der Waals surface area contributed by atoms with Crippen molar-refractivity contribution in [1.29, 1.82) is 0 Å². The normalized spacial score (nSPS) is 16.4. The molecule has 0 radical (unpaired) electrons. The number of hydrogen-bond donors (Lipinski definition) is 2. The van der Waals surface area contributed by atoms with Gasteiger partial charge in [0.25, 0.3) is 0 Å². The molecule has 1 saturated heterocycles. The van der Waals surface area contributed by atoms with E-state index in [-0.39, 0.29) is 5.82 Å². The lowest BCUT2D eigenvalue weighted by Gasteiger charge is -2.36. The summed E-state index contributed by atoms with van der Waals surface area (Å²) in [5.41, 5.74) is 0.726. The van der Waals surface area contributed by atoms with E-state index in [1.807, 2.05) is 12.1 Å². The van der Waals surface area contributed by atoms with Gasteiger partial charge in [-0.15, -0.1) is 0 Å². The largest absolute Gasteiger partial charge is 0.367 e. The van der Waals surface area contributed by atoms with Crippen molar-refractivity contribution in [2.24, 2.45) is 10.9 Å². The van der Waals surface area contributed by atoms with Crippen molar-refractivity contribution in [3.05, 3.63) is 30.1 Å². The lowest BCUT2D eigenvalue weighted by atomic mass is 10.2. The smallest absolute Gasteiger partial charge is 0.190 e. The third-order valence-electron chi connectivity index (χ3n) is 4.41. The highest BCUT2D eigenvalue weighted by molar-refractivity contribution is 5.79. The average molecular weight is 349 g/mol. The summed E-state index contributed by atoms with van der Waals surface area (Å²) in [6.07, 6.45) is 1.07. The molecule has 2 N–H and O–H groups in total. The Morgan fingerprint density at radius 2 is 1.88 bits per heavy atom. The molecule has 0 bridgehead atoms. The summed E-state index contributed by atoms with van der Waals surface area (Å²) in [6, 6.07) is 7.04. The first-order valence-electron chi connectivity index (χ1n) is 9.26. The molecule has 1 aromatic rings. The van der Waals surface area contributed by atoms with Gasteiger partial charge in [0.2, 0.25) is 0 Å². The molecule has 1 aliphatic heterocycles. The highest BCUT2D eigenvalue weighted by Crippen LogP contribution is 2.20. The van der Waals surface area contributed by atoms with Crippen LogP contribution in [0.3, 0.4) is 0 Å². The van der Waals surface area contributed by atoms with Gasteiger partial charge in [0, 0.05) is 46.3 Å². The van der Waals surface area contributed by atoms with Crippen molar-refractivity contribution in [3.63, 3.8) is 0 Å². The average Bonchev–Trinajstić information content (AvgIpc) is 2.62. The fourth-order valence-corrected chi connectivity index (χ4v) is 2.95. The fraction of sp³-hybridized carbons (Fsp3) is 0.632. The zero-order chi connectivity index (χ0) is 18.1. The van der Waals surface area contributed by atoms with Crippen LogP contribution in [0.4, 0.5) is 10.1 Å². The SMILES string of the molecule is CN=C(NCCCN1CCN(c2ccccc2F)CC1)NCC(C)C. The van der Waals surface area contributed by atoms with Crippen LogP contribution in [-0.4, -0.2) is 63.7 Å². The monoisotopic (exact) mass is 349 g/mol. The second kappa shape index (κ2) is 10.2. The highest BCUT2D eigenvalue weighted by Gasteiger charge is 2.18. The summed E-state index contributed by atoms with van der Waals surface area (Å²) in [6.45, 7) is 11.0. The number of benzene rings is 1. The molecule has 1 fully saturated rings. The first-order valence-corrected chi connectivity index (χ1v) is 9.26. The van der Waals surface area contributed by atoms with Gasteiger partial charge in [-0.2, -0.15) is 0 Å². The van der Waals surface area contributed by atoms with Gasteiger partial charge >= 0.3 is 0 Å². The van der Waals surface area contributed by atoms with Gasteiger partial charge in [0.15, 0.2) is 5.96 Å². The molecule has 1 heterocycles. The van der Waals surface area contributed by atoms with E-state index in [1.54, 1.807) is 13.1 Å². The molecule has 0 unspecified atom stereocenters. The first kappa shape index (κ1) is 19.5. The highest BCUT2D eigenvalue weighted by atomic mass is 19.1. The molecule has 6 heteroatoms. The van der Waals surface area contributed by atoms with E-state index in [2.05, 4.69) is 39.3 Å². The van der Waals surface area contributed by atoms with E-state index in [9.17, 15) is 4.39 Å². The van der Waals surface area contributed by atoms with Crippen molar-refractivity contribution >= 4 is 11.6 Å². The Bertz CT molecular complexity index is 538. The maximum Gasteiger partial charge on any atom is 0.190 e. The zero-order valence-corrected chi connectivity index (χ0v) is 15.8. The van der Waals surface area contributed by atoms with Gasteiger partial charge in [-0.3, -0.25) is 9.89 Å². The Morgan fingerprint density at radius 1 is 1.16 bits per heavy atom. The quantitative estimate of drug-likeness (QED) is 0.450. The molecular weight excluding hydrogens is 317 g/mol. The number of nitrogens with one attached hydrogen (secondary N) is 2. The Morgan fingerprint density at radius 3 is 2.52 bits per heavy atom. The summed E-state index contributed by atoms with van der Waals surface area (Å²) >= 11 is 0. The van der Waals surface area contributed by atoms with Gasteiger partial charge in [-0.05, 0) is 31.0 Å². The number of guanidine groups is 1. The number of aliphatic imine (C=N–C) groups is 1. The Labute approximate surface area is 151 Å². The van der Waals surface area contributed by atoms with Gasteiger partial charge in [0.1, 0.15) is 5.82 Å². The molecule has 25 heavy (non-hydrogen) atoms. The molecule has 5 nitrogen and oxygen atoms in total. The predicted octanol–water partition coefficient (Wildman–Crippen LogP) is 2.16. The lowest BCUT2D eigenvalue weighted by molar-refractivity contribution is 0.254. The van der Waals surface area contributed by atoms with E-state index < -0.39 is 0 Å². The van der Waals surface area contributed by atoms with Crippen LogP contribution in [0, 0.1) is 11.7 Å². The third kappa shape index (κ3) is 6.53. The van der Waals surface area contributed by atoms with E-state index >= 15 is 0 Å². The molecule has 0 aromatic heterocycles. The minimum absolute atomic E-state index is 0.125. The van der Waals surface area contributed by atoms with Crippen LogP contribution in [0.25, 0.3) is 0 Å². The lowest BCUT2D eigenvalue weighted by Crippen LogP contribution is -2.47. The zero-order valence-electron chi connectivity index (χ0n) is 15.8. The summed E-state index contributed by atoms with van der Waals surface area (Å²) in [4.78, 5) is 8.82. The minimum Gasteiger partial charge on any atom is -0.367 e. The summed E-state index contributed by atoms with van der Waals surface area (Å²) in [5, 5.41) is 6.68. The number of nitrogens with zero attached hydrogens (tertiary/aromatic N) is 3. The van der Waals surface area contributed by atoms with E-state index in [4.69, 9.17) is 0 Å². The molecule has 1 aromatic carbocycles.